The van der Waals surface area contributed by atoms with E-state index in [1.54, 1.807) is 0 Å². The molecule has 1 heterocycles. The highest BCUT2D eigenvalue weighted by Gasteiger charge is 2.40. The Balaban J connectivity index is 2.26. The summed E-state index contributed by atoms with van der Waals surface area (Å²) in [7, 11) is 0. The summed E-state index contributed by atoms with van der Waals surface area (Å²) in [6.45, 7) is 0.543. The van der Waals surface area contributed by atoms with Gasteiger partial charge in [-0.1, -0.05) is 24.4 Å². The van der Waals surface area contributed by atoms with E-state index < -0.39 is 6.10 Å². The van der Waals surface area contributed by atoms with Crippen LogP contribution in [0.1, 0.15) is 36.7 Å². The molecule has 16 heavy (non-hydrogen) atoms. The number of hydrogen-bond acceptors (Lipinski definition) is 3. The van der Waals surface area contributed by atoms with E-state index in [4.69, 9.17) is 17.3 Å². The van der Waals surface area contributed by atoms with Crippen LogP contribution in [0.25, 0.3) is 0 Å². The van der Waals surface area contributed by atoms with Crippen LogP contribution in [0.4, 0.5) is 0 Å². The van der Waals surface area contributed by atoms with Crippen molar-refractivity contribution in [2.45, 2.75) is 31.8 Å². The van der Waals surface area contributed by atoms with E-state index in [9.17, 15) is 5.11 Å². The topological polar surface area (TPSA) is 46.2 Å². The maximum atomic E-state index is 10.5. The molecule has 1 aliphatic rings. The second kappa shape index (κ2) is 4.94. The Morgan fingerprint density at radius 1 is 1.56 bits per heavy atom. The highest BCUT2D eigenvalue weighted by Crippen LogP contribution is 2.49. The number of aliphatic hydroxyl groups excluding tert-OH is 1. The van der Waals surface area contributed by atoms with Gasteiger partial charge in [0.1, 0.15) is 4.34 Å². The molecule has 90 valence electrons. The smallest absolute Gasteiger partial charge is 0.107 e. The number of hydrogen-bond donors (Lipinski definition) is 2. The van der Waals surface area contributed by atoms with Gasteiger partial charge in [-0.05, 0) is 34.8 Å². The Morgan fingerprint density at radius 3 is 2.62 bits per heavy atom. The molecular formula is C11H15BrClNOS. The molecule has 1 fully saturated rings. The predicted molar refractivity (Wildman–Crippen MR) is 71.9 cm³/mol. The molecule has 0 amide bonds. The summed E-state index contributed by atoms with van der Waals surface area (Å²) < 4.78 is 1.55. The van der Waals surface area contributed by atoms with Crippen molar-refractivity contribution in [1.29, 1.82) is 0 Å². The summed E-state index contributed by atoms with van der Waals surface area (Å²) >= 11 is 10.8. The fourth-order valence-corrected chi connectivity index (χ4v) is 4.33. The van der Waals surface area contributed by atoms with Crippen molar-refractivity contribution in [1.82, 2.24) is 0 Å². The first-order valence-electron chi connectivity index (χ1n) is 5.42. The molecule has 1 saturated carbocycles. The summed E-state index contributed by atoms with van der Waals surface area (Å²) in [5.41, 5.74) is 5.72. The SMILES string of the molecule is NCC1(C(O)c2cc(Br)c(Cl)s2)CCCC1. The Bertz CT molecular complexity index is 357. The van der Waals surface area contributed by atoms with Gasteiger partial charge in [0.05, 0.1) is 6.10 Å². The van der Waals surface area contributed by atoms with E-state index in [0.717, 1.165) is 35.0 Å². The van der Waals surface area contributed by atoms with E-state index in [1.165, 1.54) is 11.3 Å². The highest BCUT2D eigenvalue weighted by atomic mass is 79.9. The Hall–Kier alpha value is 0.390. The minimum absolute atomic E-state index is 0.131. The van der Waals surface area contributed by atoms with Crippen molar-refractivity contribution in [3.05, 3.63) is 19.8 Å². The van der Waals surface area contributed by atoms with E-state index in [1.807, 2.05) is 6.07 Å². The Morgan fingerprint density at radius 2 is 2.19 bits per heavy atom. The zero-order valence-electron chi connectivity index (χ0n) is 8.88. The molecular weight excluding hydrogens is 310 g/mol. The average molecular weight is 325 g/mol. The lowest BCUT2D eigenvalue weighted by Crippen LogP contribution is -2.33. The predicted octanol–water partition coefficient (Wildman–Crippen LogP) is 3.72. The maximum absolute atomic E-state index is 10.5. The standard InChI is InChI=1S/C11H15BrClNOS/c12-7-5-8(16-10(7)13)9(15)11(6-14)3-1-2-4-11/h5,9,15H,1-4,6,14H2. The molecule has 3 N–H and O–H groups in total. The molecule has 5 heteroatoms. The fourth-order valence-electron chi connectivity index (χ4n) is 2.47. The third-order valence-corrected chi connectivity index (χ3v) is 6.05. The number of halogens is 2. The quantitative estimate of drug-likeness (QED) is 0.890. The lowest BCUT2D eigenvalue weighted by Gasteiger charge is -2.32. The van der Waals surface area contributed by atoms with Gasteiger partial charge in [-0.15, -0.1) is 11.3 Å². The Kier molecular flexibility index (Phi) is 3.97. The number of nitrogens with two attached hydrogens (primary N) is 1. The fraction of sp³-hybridized carbons (Fsp3) is 0.636. The van der Waals surface area contributed by atoms with Gasteiger partial charge in [0.25, 0.3) is 0 Å². The largest absolute Gasteiger partial charge is 0.387 e. The Labute approximate surface area is 113 Å². The van der Waals surface area contributed by atoms with Crippen molar-refractivity contribution in [3.63, 3.8) is 0 Å². The highest BCUT2D eigenvalue weighted by molar-refractivity contribution is 9.10. The van der Waals surface area contributed by atoms with Crippen LogP contribution in [0, 0.1) is 5.41 Å². The molecule has 0 radical (unpaired) electrons. The van der Waals surface area contributed by atoms with Gasteiger partial charge in [-0.3, -0.25) is 0 Å². The van der Waals surface area contributed by atoms with Crippen molar-refractivity contribution < 1.29 is 5.11 Å². The molecule has 0 bridgehead atoms. The van der Waals surface area contributed by atoms with Crippen LogP contribution in [-0.2, 0) is 0 Å². The van der Waals surface area contributed by atoms with Crippen LogP contribution in [0.3, 0.4) is 0 Å². The van der Waals surface area contributed by atoms with Gasteiger partial charge in [-0.25, -0.2) is 0 Å². The second-order valence-electron chi connectivity index (χ2n) is 4.45. The maximum Gasteiger partial charge on any atom is 0.107 e. The van der Waals surface area contributed by atoms with Gasteiger partial charge < -0.3 is 10.8 Å². The molecule has 2 nitrogen and oxygen atoms in total. The molecule has 0 aliphatic heterocycles. The van der Waals surface area contributed by atoms with Gasteiger partial charge >= 0.3 is 0 Å². The van der Waals surface area contributed by atoms with Crippen LogP contribution in [0.5, 0.6) is 0 Å². The number of thiophene rings is 1. The molecule has 0 aromatic carbocycles. The number of aliphatic hydroxyl groups is 1. The minimum Gasteiger partial charge on any atom is -0.387 e. The molecule has 1 aromatic heterocycles. The van der Waals surface area contributed by atoms with Crippen molar-refractivity contribution in [3.8, 4) is 0 Å². The lowest BCUT2D eigenvalue weighted by molar-refractivity contribution is 0.0361. The van der Waals surface area contributed by atoms with Gasteiger partial charge in [0.2, 0.25) is 0 Å². The molecule has 1 aromatic rings. The zero-order chi connectivity index (χ0) is 11.8. The molecule has 1 atom stereocenters. The summed E-state index contributed by atoms with van der Waals surface area (Å²) in [5, 5.41) is 10.5. The zero-order valence-corrected chi connectivity index (χ0v) is 12.0. The minimum atomic E-state index is -0.478. The molecule has 0 saturated heterocycles. The first-order chi connectivity index (χ1) is 7.59. The third-order valence-electron chi connectivity index (χ3n) is 3.52. The van der Waals surface area contributed by atoms with Crippen molar-refractivity contribution in [2.75, 3.05) is 6.54 Å². The molecule has 1 unspecified atom stereocenters. The molecule has 2 rings (SSSR count). The van der Waals surface area contributed by atoms with Gasteiger partial charge in [0, 0.05) is 21.3 Å². The average Bonchev–Trinajstić information content (AvgIpc) is 2.87. The third kappa shape index (κ3) is 2.18. The molecule has 0 spiro atoms. The summed E-state index contributed by atoms with van der Waals surface area (Å²) in [4.78, 5) is 0.921. The first kappa shape index (κ1) is 12.8. The summed E-state index contributed by atoms with van der Waals surface area (Å²) in [5.74, 6) is 0. The summed E-state index contributed by atoms with van der Waals surface area (Å²) in [6, 6.07) is 1.91. The van der Waals surface area contributed by atoms with Gasteiger partial charge in [0.15, 0.2) is 0 Å². The van der Waals surface area contributed by atoms with E-state index >= 15 is 0 Å². The van der Waals surface area contributed by atoms with Crippen molar-refractivity contribution >= 4 is 38.9 Å². The van der Waals surface area contributed by atoms with Crippen LogP contribution in [-0.4, -0.2) is 11.7 Å². The second-order valence-corrected chi connectivity index (χ2v) is 6.99. The first-order valence-corrected chi connectivity index (χ1v) is 7.41. The monoisotopic (exact) mass is 323 g/mol. The normalized spacial score (nSPS) is 21.2. The van der Waals surface area contributed by atoms with Crippen LogP contribution < -0.4 is 5.73 Å². The van der Waals surface area contributed by atoms with E-state index in [-0.39, 0.29) is 5.41 Å². The van der Waals surface area contributed by atoms with Crippen LogP contribution in [0.15, 0.2) is 10.5 Å². The van der Waals surface area contributed by atoms with E-state index in [0.29, 0.717) is 10.9 Å². The van der Waals surface area contributed by atoms with Crippen molar-refractivity contribution in [2.24, 2.45) is 11.1 Å². The number of rotatable bonds is 3. The van der Waals surface area contributed by atoms with Crippen LogP contribution >= 0.6 is 38.9 Å². The molecule has 1 aliphatic carbocycles. The van der Waals surface area contributed by atoms with Crippen LogP contribution in [0.2, 0.25) is 4.34 Å². The summed E-state index contributed by atoms with van der Waals surface area (Å²) in [6.07, 6.45) is 3.87. The lowest BCUT2D eigenvalue weighted by atomic mass is 9.80. The van der Waals surface area contributed by atoms with E-state index in [2.05, 4.69) is 15.9 Å². The van der Waals surface area contributed by atoms with Gasteiger partial charge in [-0.2, -0.15) is 0 Å².